The number of carbonyl (C=O) groups excluding carboxylic acids is 1. The average Bonchev–Trinajstić information content (AvgIpc) is 2.96. The van der Waals surface area contributed by atoms with Crippen LogP contribution in [-0.2, 0) is 11.2 Å². The van der Waals surface area contributed by atoms with Gasteiger partial charge in [0.15, 0.2) is 0 Å². The van der Waals surface area contributed by atoms with E-state index in [1.807, 2.05) is 36.6 Å². The number of hydrogen-bond acceptors (Lipinski definition) is 4. The predicted octanol–water partition coefficient (Wildman–Crippen LogP) is 3.28. The molecule has 0 aliphatic heterocycles. The fourth-order valence-corrected chi connectivity index (χ4v) is 2.90. The molecule has 5 heteroatoms. The lowest BCUT2D eigenvalue weighted by molar-refractivity contribution is -0.121. The Morgan fingerprint density at radius 1 is 1.38 bits per heavy atom. The molecule has 1 aromatic carbocycles. The van der Waals surface area contributed by atoms with Crippen molar-refractivity contribution in [2.75, 3.05) is 13.7 Å². The minimum Gasteiger partial charge on any atom is -0.496 e. The highest BCUT2D eigenvalue weighted by molar-refractivity contribution is 7.13. The highest BCUT2D eigenvalue weighted by Crippen LogP contribution is 2.31. The van der Waals surface area contributed by atoms with Crippen LogP contribution in [0.1, 0.15) is 25.5 Å². The van der Waals surface area contributed by atoms with Crippen molar-refractivity contribution in [2.24, 2.45) is 0 Å². The third-order valence-electron chi connectivity index (χ3n) is 3.07. The summed E-state index contributed by atoms with van der Waals surface area (Å²) in [6.45, 7) is 2.63. The second-order valence-electron chi connectivity index (χ2n) is 4.69. The number of nitrogens with one attached hydrogen (secondary N) is 1. The first kappa shape index (κ1) is 15.5. The van der Waals surface area contributed by atoms with Gasteiger partial charge < -0.3 is 10.1 Å². The molecule has 1 heterocycles. The molecule has 2 rings (SSSR count). The molecule has 1 amide bonds. The van der Waals surface area contributed by atoms with Gasteiger partial charge in [-0.2, -0.15) is 0 Å². The highest BCUT2D eigenvalue weighted by Gasteiger charge is 2.09. The van der Waals surface area contributed by atoms with E-state index in [9.17, 15) is 4.79 Å². The fraction of sp³-hybridized carbons (Fsp3) is 0.375. The number of rotatable bonds is 7. The van der Waals surface area contributed by atoms with Crippen molar-refractivity contribution in [3.8, 4) is 16.3 Å². The Bertz CT molecular complexity index is 595. The molecule has 112 valence electrons. The van der Waals surface area contributed by atoms with Gasteiger partial charge in [0.1, 0.15) is 10.8 Å². The molecule has 0 aliphatic rings. The van der Waals surface area contributed by atoms with Crippen LogP contribution in [0, 0.1) is 0 Å². The Morgan fingerprint density at radius 3 is 2.95 bits per heavy atom. The van der Waals surface area contributed by atoms with Crippen molar-refractivity contribution in [3.05, 3.63) is 35.3 Å². The molecular weight excluding hydrogens is 284 g/mol. The van der Waals surface area contributed by atoms with Crippen LogP contribution >= 0.6 is 11.3 Å². The molecule has 0 atom stereocenters. The second-order valence-corrected chi connectivity index (χ2v) is 5.55. The Labute approximate surface area is 129 Å². The van der Waals surface area contributed by atoms with E-state index in [1.54, 1.807) is 18.4 Å². The molecule has 0 aliphatic carbocycles. The monoisotopic (exact) mass is 304 g/mol. The standard InChI is InChI=1S/C16H20N2O2S/c1-3-6-15(19)17-10-9-12-11-21-16(18-12)13-7-4-5-8-14(13)20-2/h4-5,7-8,11H,3,6,9-10H2,1-2H3,(H,17,19). The van der Waals surface area contributed by atoms with Crippen LogP contribution in [0.5, 0.6) is 5.75 Å². The minimum atomic E-state index is 0.109. The molecule has 0 saturated heterocycles. The molecule has 2 aromatic rings. The molecule has 0 spiro atoms. The molecule has 4 nitrogen and oxygen atoms in total. The Balaban J connectivity index is 1.97. The van der Waals surface area contributed by atoms with Crippen molar-refractivity contribution in [2.45, 2.75) is 26.2 Å². The molecule has 1 N–H and O–H groups in total. The molecule has 0 radical (unpaired) electrons. The zero-order valence-corrected chi connectivity index (χ0v) is 13.2. The predicted molar refractivity (Wildman–Crippen MR) is 85.7 cm³/mol. The van der Waals surface area contributed by atoms with Crippen molar-refractivity contribution < 1.29 is 9.53 Å². The first-order chi connectivity index (χ1) is 10.2. The summed E-state index contributed by atoms with van der Waals surface area (Å²) in [6, 6.07) is 7.86. The van der Waals surface area contributed by atoms with Gasteiger partial charge in [0.2, 0.25) is 5.91 Å². The van der Waals surface area contributed by atoms with E-state index in [0.29, 0.717) is 13.0 Å². The number of aromatic nitrogens is 1. The van der Waals surface area contributed by atoms with Gasteiger partial charge in [-0.05, 0) is 18.6 Å². The van der Waals surface area contributed by atoms with Crippen LogP contribution in [-0.4, -0.2) is 24.5 Å². The van der Waals surface area contributed by atoms with Crippen molar-refractivity contribution in [3.63, 3.8) is 0 Å². The second kappa shape index (κ2) is 7.78. The number of methoxy groups -OCH3 is 1. The molecule has 1 aromatic heterocycles. The van der Waals surface area contributed by atoms with E-state index in [4.69, 9.17) is 4.74 Å². The van der Waals surface area contributed by atoms with E-state index >= 15 is 0 Å². The van der Waals surface area contributed by atoms with Gasteiger partial charge in [-0.15, -0.1) is 11.3 Å². The fourth-order valence-electron chi connectivity index (χ4n) is 2.01. The minimum absolute atomic E-state index is 0.109. The van der Waals surface area contributed by atoms with E-state index in [0.717, 1.165) is 34.9 Å². The summed E-state index contributed by atoms with van der Waals surface area (Å²) in [5.41, 5.74) is 2.00. The summed E-state index contributed by atoms with van der Waals surface area (Å²) in [6.07, 6.45) is 2.21. The molecule has 0 saturated carbocycles. The van der Waals surface area contributed by atoms with Crippen LogP contribution in [0.3, 0.4) is 0 Å². The maximum absolute atomic E-state index is 11.4. The Hall–Kier alpha value is -1.88. The van der Waals surface area contributed by atoms with Gasteiger partial charge in [-0.1, -0.05) is 19.1 Å². The SMILES string of the molecule is CCCC(=O)NCCc1csc(-c2ccccc2OC)n1. The van der Waals surface area contributed by atoms with Crippen LogP contribution in [0.2, 0.25) is 0 Å². The van der Waals surface area contributed by atoms with E-state index in [2.05, 4.69) is 10.3 Å². The number of amides is 1. The largest absolute Gasteiger partial charge is 0.496 e. The molecular formula is C16H20N2O2S. The zero-order chi connectivity index (χ0) is 15.1. The normalized spacial score (nSPS) is 10.4. The zero-order valence-electron chi connectivity index (χ0n) is 12.4. The van der Waals surface area contributed by atoms with E-state index < -0.39 is 0 Å². The van der Waals surface area contributed by atoms with Crippen molar-refractivity contribution in [1.29, 1.82) is 0 Å². The number of benzene rings is 1. The van der Waals surface area contributed by atoms with Crippen LogP contribution in [0.15, 0.2) is 29.6 Å². The van der Waals surface area contributed by atoms with Gasteiger partial charge in [0.05, 0.1) is 18.4 Å². The smallest absolute Gasteiger partial charge is 0.219 e. The molecule has 21 heavy (non-hydrogen) atoms. The third kappa shape index (κ3) is 4.29. The summed E-state index contributed by atoms with van der Waals surface area (Å²) in [4.78, 5) is 16.0. The number of hydrogen-bond donors (Lipinski definition) is 1. The number of thiazole rings is 1. The summed E-state index contributed by atoms with van der Waals surface area (Å²) in [7, 11) is 1.66. The third-order valence-corrected chi connectivity index (χ3v) is 3.99. The number of nitrogens with zero attached hydrogens (tertiary/aromatic N) is 1. The summed E-state index contributed by atoms with van der Waals surface area (Å²) in [5.74, 6) is 0.937. The lowest BCUT2D eigenvalue weighted by Crippen LogP contribution is -2.25. The summed E-state index contributed by atoms with van der Waals surface area (Å²) < 4.78 is 5.36. The van der Waals surface area contributed by atoms with Gasteiger partial charge >= 0.3 is 0 Å². The van der Waals surface area contributed by atoms with Crippen LogP contribution in [0.4, 0.5) is 0 Å². The Morgan fingerprint density at radius 2 is 2.19 bits per heavy atom. The average molecular weight is 304 g/mol. The number of carbonyl (C=O) groups is 1. The van der Waals surface area contributed by atoms with E-state index in [1.165, 1.54) is 0 Å². The first-order valence-corrected chi connectivity index (χ1v) is 7.97. The van der Waals surface area contributed by atoms with Crippen molar-refractivity contribution >= 4 is 17.2 Å². The quantitative estimate of drug-likeness (QED) is 0.854. The first-order valence-electron chi connectivity index (χ1n) is 7.09. The summed E-state index contributed by atoms with van der Waals surface area (Å²) in [5, 5.41) is 5.89. The lowest BCUT2D eigenvalue weighted by atomic mass is 10.2. The lowest BCUT2D eigenvalue weighted by Gasteiger charge is -2.04. The van der Waals surface area contributed by atoms with Gasteiger partial charge in [-0.3, -0.25) is 4.79 Å². The maximum atomic E-state index is 11.4. The maximum Gasteiger partial charge on any atom is 0.219 e. The topological polar surface area (TPSA) is 51.2 Å². The van der Waals surface area contributed by atoms with Gasteiger partial charge in [0.25, 0.3) is 0 Å². The van der Waals surface area contributed by atoms with Crippen LogP contribution < -0.4 is 10.1 Å². The molecule has 0 fully saturated rings. The Kier molecular flexibility index (Phi) is 5.75. The highest BCUT2D eigenvalue weighted by atomic mass is 32.1. The van der Waals surface area contributed by atoms with E-state index in [-0.39, 0.29) is 5.91 Å². The molecule has 0 bridgehead atoms. The van der Waals surface area contributed by atoms with Crippen molar-refractivity contribution in [1.82, 2.24) is 10.3 Å². The van der Waals surface area contributed by atoms with Gasteiger partial charge in [-0.25, -0.2) is 4.98 Å². The number of ether oxygens (including phenoxy) is 1. The molecule has 0 unspecified atom stereocenters. The van der Waals surface area contributed by atoms with Crippen LogP contribution in [0.25, 0.3) is 10.6 Å². The number of para-hydroxylation sites is 1. The van der Waals surface area contributed by atoms with Gasteiger partial charge in [0, 0.05) is 24.8 Å². The summed E-state index contributed by atoms with van der Waals surface area (Å²) >= 11 is 1.60.